The summed E-state index contributed by atoms with van der Waals surface area (Å²) in [5, 5.41) is 8.61. The van der Waals surface area contributed by atoms with Gasteiger partial charge in [0.25, 0.3) is 0 Å². The van der Waals surface area contributed by atoms with E-state index < -0.39 is 0 Å². The summed E-state index contributed by atoms with van der Waals surface area (Å²) in [5.41, 5.74) is 1.79. The van der Waals surface area contributed by atoms with Gasteiger partial charge in [0.05, 0.1) is 11.6 Å². The van der Waals surface area contributed by atoms with Gasteiger partial charge >= 0.3 is 0 Å². The summed E-state index contributed by atoms with van der Waals surface area (Å²) in [7, 11) is 0. The quantitative estimate of drug-likeness (QED) is 0.589. The fourth-order valence-corrected chi connectivity index (χ4v) is 1.43. The van der Waals surface area contributed by atoms with Crippen LogP contribution in [0.1, 0.15) is 16.7 Å². The molecule has 1 heterocycles. The third kappa shape index (κ3) is 1.31. The van der Waals surface area contributed by atoms with Gasteiger partial charge in [0, 0.05) is 18.3 Å². The summed E-state index contributed by atoms with van der Waals surface area (Å²) < 4.78 is 13.3. The zero-order valence-corrected chi connectivity index (χ0v) is 6.92. The summed E-state index contributed by atoms with van der Waals surface area (Å²) in [6.45, 7) is 0.682. The van der Waals surface area contributed by atoms with Gasteiger partial charge in [-0.1, -0.05) is 0 Å². The maximum absolute atomic E-state index is 13.3. The van der Waals surface area contributed by atoms with Gasteiger partial charge in [0.1, 0.15) is 5.82 Å². The Balaban J connectivity index is 2.63. The predicted molar refractivity (Wildman–Crippen MR) is 47.3 cm³/mol. The zero-order chi connectivity index (χ0) is 9.26. The summed E-state index contributed by atoms with van der Waals surface area (Å²) >= 11 is 0. The van der Waals surface area contributed by atoms with E-state index in [0.29, 0.717) is 17.7 Å². The first kappa shape index (κ1) is 7.93. The smallest absolute Gasteiger partial charge is 0.133 e. The average molecular weight is 174 g/mol. The lowest BCUT2D eigenvalue weighted by atomic mass is 10.00. The highest BCUT2D eigenvalue weighted by molar-refractivity contribution is 5.83. The van der Waals surface area contributed by atoms with E-state index in [0.717, 1.165) is 12.0 Å². The lowest BCUT2D eigenvalue weighted by Gasteiger charge is -2.10. The largest absolute Gasteiger partial charge is 0.292 e. The lowest BCUT2D eigenvalue weighted by Crippen LogP contribution is -2.06. The van der Waals surface area contributed by atoms with Crippen molar-refractivity contribution in [3.63, 3.8) is 0 Å². The Kier molecular flexibility index (Phi) is 1.82. The highest BCUT2D eigenvalue weighted by Crippen LogP contribution is 2.17. The van der Waals surface area contributed by atoms with Gasteiger partial charge in [0.2, 0.25) is 0 Å². The molecule has 0 unspecified atom stereocenters. The predicted octanol–water partition coefficient (Wildman–Crippen LogP) is 1.67. The molecule has 2 rings (SSSR count). The molecular formula is C10H7FN2. The molecular weight excluding hydrogens is 167 g/mol. The van der Waals surface area contributed by atoms with Gasteiger partial charge in [-0.2, -0.15) is 5.26 Å². The summed E-state index contributed by atoms with van der Waals surface area (Å²) in [6, 6.07) is 4.91. The van der Waals surface area contributed by atoms with E-state index in [1.807, 2.05) is 6.07 Å². The number of hydrogen-bond donors (Lipinski definition) is 0. The minimum Gasteiger partial charge on any atom is -0.292 e. The van der Waals surface area contributed by atoms with Gasteiger partial charge in [-0.25, -0.2) is 4.39 Å². The van der Waals surface area contributed by atoms with Crippen molar-refractivity contribution < 1.29 is 4.39 Å². The van der Waals surface area contributed by atoms with Crippen molar-refractivity contribution in [3.05, 3.63) is 34.6 Å². The molecule has 64 valence electrons. The number of aliphatic imine (C=N–C) groups is 1. The van der Waals surface area contributed by atoms with Crippen LogP contribution < -0.4 is 0 Å². The second kappa shape index (κ2) is 2.98. The van der Waals surface area contributed by atoms with Gasteiger partial charge in [-0.15, -0.1) is 0 Å². The number of fused-ring (bicyclic) bond motifs is 1. The van der Waals surface area contributed by atoms with E-state index in [-0.39, 0.29) is 5.82 Å². The number of rotatable bonds is 0. The molecule has 3 heteroatoms. The summed E-state index contributed by atoms with van der Waals surface area (Å²) in [4.78, 5) is 3.99. The summed E-state index contributed by atoms with van der Waals surface area (Å²) in [5.74, 6) is -0.350. The van der Waals surface area contributed by atoms with Crippen LogP contribution in [0.2, 0.25) is 0 Å². The van der Waals surface area contributed by atoms with Crippen LogP contribution in [0.15, 0.2) is 17.1 Å². The Labute approximate surface area is 75.3 Å². The lowest BCUT2D eigenvalue weighted by molar-refractivity contribution is 0.621. The molecule has 0 N–H and O–H groups in total. The molecule has 1 aromatic rings. The maximum Gasteiger partial charge on any atom is 0.133 e. The van der Waals surface area contributed by atoms with E-state index in [2.05, 4.69) is 4.99 Å². The first-order valence-electron chi connectivity index (χ1n) is 4.03. The third-order valence-corrected chi connectivity index (χ3v) is 2.07. The molecule has 0 aromatic heterocycles. The van der Waals surface area contributed by atoms with Crippen molar-refractivity contribution in [1.82, 2.24) is 0 Å². The monoisotopic (exact) mass is 174 g/mol. The van der Waals surface area contributed by atoms with Crippen molar-refractivity contribution in [2.24, 2.45) is 4.99 Å². The van der Waals surface area contributed by atoms with E-state index in [1.165, 1.54) is 12.3 Å². The zero-order valence-electron chi connectivity index (χ0n) is 6.92. The molecule has 1 aliphatic heterocycles. The third-order valence-electron chi connectivity index (χ3n) is 2.07. The number of hydrogen-bond acceptors (Lipinski definition) is 2. The number of halogens is 1. The fourth-order valence-electron chi connectivity index (χ4n) is 1.43. The minimum atomic E-state index is -0.350. The molecule has 1 aromatic carbocycles. The molecule has 0 radical (unpaired) electrons. The highest BCUT2D eigenvalue weighted by atomic mass is 19.1. The molecule has 0 bridgehead atoms. The van der Waals surface area contributed by atoms with Crippen LogP contribution in [-0.2, 0) is 6.42 Å². The molecule has 0 saturated carbocycles. The van der Waals surface area contributed by atoms with Gasteiger partial charge in [-0.3, -0.25) is 4.99 Å². The highest BCUT2D eigenvalue weighted by Gasteiger charge is 2.11. The van der Waals surface area contributed by atoms with Crippen LogP contribution in [0, 0.1) is 17.1 Å². The Morgan fingerprint density at radius 3 is 3.08 bits per heavy atom. The first-order chi connectivity index (χ1) is 6.31. The maximum atomic E-state index is 13.3. The molecule has 0 atom stereocenters. The minimum absolute atomic E-state index is 0.350. The van der Waals surface area contributed by atoms with E-state index in [1.54, 1.807) is 6.07 Å². The van der Waals surface area contributed by atoms with Crippen LogP contribution in [0.3, 0.4) is 0 Å². The van der Waals surface area contributed by atoms with E-state index in [9.17, 15) is 4.39 Å². The normalized spacial score (nSPS) is 13.5. The van der Waals surface area contributed by atoms with Crippen LogP contribution in [0.25, 0.3) is 0 Å². The molecule has 0 aliphatic carbocycles. The molecule has 0 fully saturated rings. The summed E-state index contributed by atoms with van der Waals surface area (Å²) in [6.07, 6.45) is 2.26. The van der Waals surface area contributed by atoms with E-state index >= 15 is 0 Å². The Morgan fingerprint density at radius 2 is 2.31 bits per heavy atom. The van der Waals surface area contributed by atoms with Crippen molar-refractivity contribution in [3.8, 4) is 6.07 Å². The number of benzene rings is 1. The fraction of sp³-hybridized carbons (Fsp3) is 0.200. The van der Waals surface area contributed by atoms with Gasteiger partial charge in [0.15, 0.2) is 0 Å². The van der Waals surface area contributed by atoms with Gasteiger partial charge in [-0.05, 0) is 24.1 Å². The van der Waals surface area contributed by atoms with Crippen LogP contribution in [0.4, 0.5) is 4.39 Å². The van der Waals surface area contributed by atoms with Crippen molar-refractivity contribution >= 4 is 6.21 Å². The van der Waals surface area contributed by atoms with Crippen molar-refractivity contribution in [2.75, 3.05) is 6.54 Å². The average Bonchev–Trinajstić information content (AvgIpc) is 2.18. The Bertz CT molecular complexity index is 416. The topological polar surface area (TPSA) is 36.1 Å². The molecule has 2 nitrogen and oxygen atoms in total. The van der Waals surface area contributed by atoms with Gasteiger partial charge < -0.3 is 0 Å². The van der Waals surface area contributed by atoms with Crippen LogP contribution in [-0.4, -0.2) is 12.8 Å². The molecule has 0 amide bonds. The molecule has 0 saturated heterocycles. The Hall–Kier alpha value is -1.69. The van der Waals surface area contributed by atoms with Crippen molar-refractivity contribution in [1.29, 1.82) is 5.26 Å². The second-order valence-electron chi connectivity index (χ2n) is 2.93. The van der Waals surface area contributed by atoms with Crippen LogP contribution >= 0.6 is 0 Å². The number of nitriles is 1. The number of nitrogens with zero attached hydrogens (tertiary/aromatic N) is 2. The molecule has 0 spiro atoms. The first-order valence-corrected chi connectivity index (χ1v) is 4.03. The molecule has 13 heavy (non-hydrogen) atoms. The Morgan fingerprint density at radius 1 is 1.46 bits per heavy atom. The van der Waals surface area contributed by atoms with Crippen LogP contribution in [0.5, 0.6) is 0 Å². The standard InChI is InChI=1S/C10H7FN2/c11-10-4-7(5-12)3-8-1-2-13-6-9(8)10/h3-4,6H,1-2H2. The SMILES string of the molecule is N#Cc1cc(F)c2c(c1)CCN=C2. The van der Waals surface area contributed by atoms with Crippen molar-refractivity contribution in [2.45, 2.75) is 6.42 Å². The second-order valence-corrected chi connectivity index (χ2v) is 2.93. The molecule has 1 aliphatic rings. The van der Waals surface area contributed by atoms with E-state index in [4.69, 9.17) is 5.26 Å².